The van der Waals surface area contributed by atoms with Gasteiger partial charge in [0.25, 0.3) is 0 Å². The van der Waals surface area contributed by atoms with Crippen molar-refractivity contribution in [2.45, 2.75) is 17.6 Å². The van der Waals surface area contributed by atoms with Crippen LogP contribution in [0.5, 0.6) is 0 Å². The fraction of sp³-hybridized carbons (Fsp3) is 0.615. The number of hydrogen-bond acceptors (Lipinski definition) is 3. The summed E-state index contributed by atoms with van der Waals surface area (Å²) in [7, 11) is 6.47. The molecule has 0 aliphatic carbocycles. The van der Waals surface area contributed by atoms with Crippen molar-refractivity contribution in [2.24, 2.45) is 5.92 Å². The van der Waals surface area contributed by atoms with E-state index in [1.807, 2.05) is 11.8 Å². The van der Waals surface area contributed by atoms with Crippen LogP contribution in [0.4, 0.5) is 0 Å². The number of hydrogen-bond donors (Lipinski definition) is 0. The van der Waals surface area contributed by atoms with Gasteiger partial charge >= 0.3 is 0 Å². The van der Waals surface area contributed by atoms with E-state index in [1.165, 1.54) is 9.09 Å². The van der Waals surface area contributed by atoms with E-state index < -0.39 is 0 Å². The molecule has 0 amide bonds. The minimum absolute atomic E-state index is 0. The van der Waals surface area contributed by atoms with Gasteiger partial charge in [-0.25, -0.2) is 0 Å². The highest BCUT2D eigenvalue weighted by Gasteiger charge is 2.31. The molecule has 1 aliphatic heterocycles. The van der Waals surface area contributed by atoms with Crippen molar-refractivity contribution in [3.8, 4) is 0 Å². The molecular formula is C13H20INOS2. The highest BCUT2D eigenvalue weighted by molar-refractivity contribution is 8.01. The van der Waals surface area contributed by atoms with E-state index in [0.29, 0.717) is 5.78 Å². The number of carbonyl (C=O) groups is 1. The Morgan fingerprint density at radius 1 is 1.39 bits per heavy atom. The van der Waals surface area contributed by atoms with Gasteiger partial charge < -0.3 is 28.5 Å². The number of carbonyl (C=O) groups excluding carboxylic acids is 1. The van der Waals surface area contributed by atoms with E-state index in [0.717, 1.165) is 28.8 Å². The highest BCUT2D eigenvalue weighted by atomic mass is 127. The third-order valence-electron chi connectivity index (χ3n) is 2.93. The molecule has 0 saturated heterocycles. The maximum absolute atomic E-state index is 12.5. The smallest absolute Gasteiger partial charge is 0.173 e. The van der Waals surface area contributed by atoms with Crippen LogP contribution in [0, 0.1) is 12.8 Å². The van der Waals surface area contributed by atoms with E-state index in [4.69, 9.17) is 0 Å². The number of thiophene rings is 1. The summed E-state index contributed by atoms with van der Waals surface area (Å²) in [5.74, 6) is 1.63. The Balaban J connectivity index is 0.00000162. The Labute approximate surface area is 135 Å². The van der Waals surface area contributed by atoms with Gasteiger partial charge in [0.1, 0.15) is 0 Å². The van der Waals surface area contributed by atoms with Crippen molar-refractivity contribution in [3.05, 3.63) is 16.5 Å². The molecule has 0 saturated carbocycles. The topological polar surface area (TPSA) is 17.1 Å². The van der Waals surface area contributed by atoms with E-state index in [1.54, 1.807) is 11.3 Å². The van der Waals surface area contributed by atoms with Gasteiger partial charge in [-0.1, -0.05) is 0 Å². The fourth-order valence-electron chi connectivity index (χ4n) is 2.25. The normalized spacial score (nSPS) is 20.0. The zero-order chi connectivity index (χ0) is 12.6. The first-order valence-electron chi connectivity index (χ1n) is 5.95. The fourth-order valence-corrected chi connectivity index (χ4v) is 4.77. The van der Waals surface area contributed by atoms with Crippen LogP contribution in [0.3, 0.4) is 0 Å². The van der Waals surface area contributed by atoms with Gasteiger partial charge in [-0.3, -0.25) is 4.79 Å². The average Bonchev–Trinajstić information content (AvgIpc) is 2.49. The summed E-state index contributed by atoms with van der Waals surface area (Å²) in [6, 6.07) is 2.07. The van der Waals surface area contributed by atoms with Crippen LogP contribution in [0.1, 0.15) is 21.7 Å². The molecule has 2 nitrogen and oxygen atoms in total. The summed E-state index contributed by atoms with van der Waals surface area (Å²) in [4.78, 5) is 13.8. The molecular weight excluding hydrogens is 377 g/mol. The predicted molar refractivity (Wildman–Crippen MR) is 75.1 cm³/mol. The van der Waals surface area contributed by atoms with Crippen molar-refractivity contribution in [2.75, 3.05) is 33.4 Å². The molecule has 0 radical (unpaired) electrons. The molecule has 0 bridgehead atoms. The van der Waals surface area contributed by atoms with Crippen LogP contribution in [0.15, 0.2) is 10.3 Å². The molecule has 5 heteroatoms. The third kappa shape index (κ3) is 3.95. The third-order valence-corrected chi connectivity index (χ3v) is 5.30. The molecule has 1 unspecified atom stereocenters. The Morgan fingerprint density at radius 2 is 2.06 bits per heavy atom. The van der Waals surface area contributed by atoms with Gasteiger partial charge in [0.05, 0.1) is 37.8 Å². The zero-order valence-corrected chi connectivity index (χ0v) is 15.1. The first-order chi connectivity index (χ1) is 7.87. The maximum Gasteiger partial charge on any atom is 0.173 e. The lowest BCUT2D eigenvalue weighted by Crippen LogP contribution is -3.00. The lowest BCUT2D eigenvalue weighted by molar-refractivity contribution is -0.872. The summed E-state index contributed by atoms with van der Waals surface area (Å²) in [5.41, 5.74) is 0.980. The molecule has 0 aromatic carbocycles. The molecule has 0 spiro atoms. The van der Waals surface area contributed by atoms with Gasteiger partial charge in [0, 0.05) is 10.4 Å². The zero-order valence-electron chi connectivity index (χ0n) is 11.3. The second-order valence-electron chi connectivity index (χ2n) is 5.73. The van der Waals surface area contributed by atoms with E-state index >= 15 is 0 Å². The summed E-state index contributed by atoms with van der Waals surface area (Å²) in [6.45, 7) is 3.02. The molecule has 0 fully saturated rings. The quantitative estimate of drug-likeness (QED) is 0.519. The van der Waals surface area contributed by atoms with Crippen LogP contribution in [0.2, 0.25) is 0 Å². The van der Waals surface area contributed by atoms with Crippen LogP contribution in [0.25, 0.3) is 0 Å². The van der Waals surface area contributed by atoms with Crippen molar-refractivity contribution < 1.29 is 33.3 Å². The van der Waals surface area contributed by atoms with Crippen LogP contribution >= 0.6 is 23.1 Å². The van der Waals surface area contributed by atoms with Crippen molar-refractivity contribution in [1.82, 2.24) is 0 Å². The number of rotatable bonds is 2. The van der Waals surface area contributed by atoms with E-state index in [9.17, 15) is 4.79 Å². The molecule has 18 heavy (non-hydrogen) atoms. The average molecular weight is 397 g/mol. The second-order valence-corrected chi connectivity index (χ2v) is 8.35. The Bertz CT molecular complexity index is 437. The standard InChI is InChI=1S/C13H20NOS2.HI/c1-9-7-11-12(15)10(8-14(2,3)4)5-6-16-13(11)17-9;/h7,10H,5-6,8H2,1-4H3;1H/q+1;/p-1. The molecule has 0 N–H and O–H groups in total. The molecule has 2 heterocycles. The first kappa shape index (κ1) is 16.5. The number of Topliss-reactive ketones (excluding diaryl/α,β-unsaturated/α-hetero) is 1. The monoisotopic (exact) mass is 397 g/mol. The van der Waals surface area contributed by atoms with E-state index in [-0.39, 0.29) is 29.9 Å². The number of thioether (sulfide) groups is 1. The SMILES string of the molecule is Cc1cc2c(s1)SCCC(C[N+](C)(C)C)C2=O.[I-]. The Morgan fingerprint density at radius 3 is 2.67 bits per heavy atom. The van der Waals surface area contributed by atoms with E-state index in [2.05, 4.69) is 34.1 Å². The second kappa shape index (κ2) is 6.24. The molecule has 1 aromatic heterocycles. The lowest BCUT2D eigenvalue weighted by Gasteiger charge is -2.27. The summed E-state index contributed by atoms with van der Waals surface area (Å²) >= 11 is 3.62. The molecule has 102 valence electrons. The first-order valence-corrected chi connectivity index (χ1v) is 7.75. The summed E-state index contributed by atoms with van der Waals surface area (Å²) in [6.07, 6.45) is 1.01. The van der Waals surface area contributed by atoms with Gasteiger partial charge in [-0.05, 0) is 25.2 Å². The number of nitrogens with zero attached hydrogens (tertiary/aromatic N) is 1. The summed E-state index contributed by atoms with van der Waals surface area (Å²) in [5, 5.41) is 0. The van der Waals surface area contributed by atoms with Crippen molar-refractivity contribution in [1.29, 1.82) is 0 Å². The van der Waals surface area contributed by atoms with Gasteiger partial charge in [-0.2, -0.15) is 0 Å². The molecule has 1 aromatic rings. The van der Waals surface area contributed by atoms with Crippen molar-refractivity contribution >= 4 is 28.9 Å². The number of ketones is 1. The molecule has 1 atom stereocenters. The minimum Gasteiger partial charge on any atom is -1.00 e. The van der Waals surface area contributed by atoms with Crippen LogP contribution in [-0.2, 0) is 0 Å². The Hall–Kier alpha value is 0.410. The number of halogens is 1. The lowest BCUT2D eigenvalue weighted by atomic mass is 9.96. The van der Waals surface area contributed by atoms with Crippen LogP contribution < -0.4 is 24.0 Å². The maximum atomic E-state index is 12.5. The molecule has 1 aliphatic rings. The molecule has 2 rings (SSSR count). The number of quaternary nitrogens is 1. The van der Waals surface area contributed by atoms with Gasteiger partial charge in [0.15, 0.2) is 5.78 Å². The van der Waals surface area contributed by atoms with Crippen LogP contribution in [-0.4, -0.2) is 43.7 Å². The Kier molecular flexibility index (Phi) is 5.71. The van der Waals surface area contributed by atoms with Crippen molar-refractivity contribution in [3.63, 3.8) is 0 Å². The number of fused-ring (bicyclic) bond motifs is 1. The summed E-state index contributed by atoms with van der Waals surface area (Å²) < 4.78 is 2.09. The highest BCUT2D eigenvalue weighted by Crippen LogP contribution is 2.37. The predicted octanol–water partition coefficient (Wildman–Crippen LogP) is 0.0614. The largest absolute Gasteiger partial charge is 1.00 e. The van der Waals surface area contributed by atoms with Gasteiger partial charge in [0.2, 0.25) is 0 Å². The van der Waals surface area contributed by atoms with Gasteiger partial charge in [-0.15, -0.1) is 23.1 Å². The minimum atomic E-state index is 0. The number of aryl methyl sites for hydroxylation is 1.